The molecule has 1 saturated heterocycles. The van der Waals surface area contributed by atoms with Crippen LogP contribution in [0.3, 0.4) is 0 Å². The minimum absolute atomic E-state index is 0.0364. The first kappa shape index (κ1) is 20.4. The van der Waals surface area contributed by atoms with E-state index in [-0.39, 0.29) is 12.1 Å². The summed E-state index contributed by atoms with van der Waals surface area (Å²) < 4.78 is 11.2. The number of hydroxylamine groups is 1. The maximum atomic E-state index is 12.9. The highest BCUT2D eigenvalue weighted by Crippen LogP contribution is 2.27. The molecule has 2 aliphatic rings. The maximum Gasteiger partial charge on any atom is 0.326 e. The molecule has 1 aromatic rings. The molecule has 2 fully saturated rings. The number of carbonyl (C=O) groups is 2. The summed E-state index contributed by atoms with van der Waals surface area (Å²) in [5.74, 6) is -0.787. The first-order valence-corrected chi connectivity index (χ1v) is 9.72. The molecule has 0 unspecified atom stereocenters. The Balaban J connectivity index is 1.60. The van der Waals surface area contributed by atoms with Crippen LogP contribution in [0.15, 0.2) is 24.4 Å². The second kappa shape index (κ2) is 9.77. The minimum atomic E-state index is -0.736. The highest BCUT2D eigenvalue weighted by molar-refractivity contribution is 5.90. The van der Waals surface area contributed by atoms with Gasteiger partial charge in [-0.2, -0.15) is 0 Å². The summed E-state index contributed by atoms with van der Waals surface area (Å²) in [6, 6.07) is 3.65. The lowest BCUT2D eigenvalue weighted by atomic mass is 9.89. The van der Waals surface area contributed by atoms with Crippen LogP contribution in [0.25, 0.3) is 6.08 Å². The molecular weight excluding hydrogens is 362 g/mol. The van der Waals surface area contributed by atoms with E-state index in [4.69, 9.17) is 14.7 Å². The Morgan fingerprint density at radius 2 is 2.04 bits per heavy atom. The van der Waals surface area contributed by atoms with Gasteiger partial charge in [-0.3, -0.25) is 25.1 Å². The Labute approximate surface area is 164 Å². The number of pyridine rings is 1. The van der Waals surface area contributed by atoms with Gasteiger partial charge in [0.25, 0.3) is 5.91 Å². The van der Waals surface area contributed by atoms with E-state index in [1.165, 1.54) is 11.6 Å². The van der Waals surface area contributed by atoms with Gasteiger partial charge in [0.15, 0.2) is 0 Å². The van der Waals surface area contributed by atoms with Crippen LogP contribution in [0, 0.1) is 0 Å². The lowest BCUT2D eigenvalue weighted by molar-refractivity contribution is -0.161. The fraction of sp³-hybridized carbons (Fsp3) is 0.550. The molecule has 2 heterocycles. The molecule has 0 radical (unpaired) electrons. The van der Waals surface area contributed by atoms with Gasteiger partial charge >= 0.3 is 5.97 Å². The number of carbonyl (C=O) groups excluding carboxylic acids is 2. The number of hydrogen-bond acceptors (Lipinski definition) is 7. The van der Waals surface area contributed by atoms with E-state index in [1.54, 1.807) is 12.3 Å². The van der Waals surface area contributed by atoms with Crippen molar-refractivity contribution in [1.82, 2.24) is 15.8 Å². The van der Waals surface area contributed by atoms with Gasteiger partial charge in [0, 0.05) is 32.0 Å². The standard InChI is InChI=1S/C20H27N3O5/c24-18(23-26)8-6-15-5-7-16(21-13-15)14-22-20(9-11-27-12-10-20)19(25)28-17-3-1-2-4-17/h5-8,13,17,22,26H,1-4,9-12,14H2,(H,23,24). The zero-order valence-electron chi connectivity index (χ0n) is 15.9. The highest BCUT2D eigenvalue weighted by atomic mass is 16.5. The number of nitrogens with one attached hydrogen (secondary N) is 2. The van der Waals surface area contributed by atoms with Crippen LogP contribution >= 0.6 is 0 Å². The van der Waals surface area contributed by atoms with Crippen LogP contribution in [0.4, 0.5) is 0 Å². The molecule has 8 heteroatoms. The molecule has 0 atom stereocenters. The molecule has 3 rings (SSSR count). The molecule has 1 aliphatic carbocycles. The van der Waals surface area contributed by atoms with Crippen molar-refractivity contribution in [2.45, 2.75) is 56.7 Å². The molecular formula is C20H27N3O5. The smallest absolute Gasteiger partial charge is 0.326 e. The minimum Gasteiger partial charge on any atom is -0.461 e. The molecule has 0 spiro atoms. The summed E-state index contributed by atoms with van der Waals surface area (Å²) in [7, 11) is 0. The topological polar surface area (TPSA) is 110 Å². The van der Waals surface area contributed by atoms with Crippen LogP contribution in [0.5, 0.6) is 0 Å². The van der Waals surface area contributed by atoms with Gasteiger partial charge in [-0.05, 0) is 56.2 Å². The van der Waals surface area contributed by atoms with Gasteiger partial charge in [0.05, 0.1) is 5.69 Å². The monoisotopic (exact) mass is 389 g/mol. The highest BCUT2D eigenvalue weighted by Gasteiger charge is 2.42. The van der Waals surface area contributed by atoms with Crippen molar-refractivity contribution in [3.63, 3.8) is 0 Å². The lowest BCUT2D eigenvalue weighted by Gasteiger charge is -2.36. The molecule has 1 amide bonds. The van der Waals surface area contributed by atoms with Crippen molar-refractivity contribution in [2.75, 3.05) is 13.2 Å². The second-order valence-corrected chi connectivity index (χ2v) is 7.25. The Morgan fingerprint density at radius 1 is 1.29 bits per heavy atom. The number of ether oxygens (including phenoxy) is 2. The SMILES string of the molecule is O=C(C=Cc1ccc(CNC2(C(=O)OC3CCCC3)CCOCC2)nc1)NO. The largest absolute Gasteiger partial charge is 0.461 e. The fourth-order valence-corrected chi connectivity index (χ4v) is 3.55. The van der Waals surface area contributed by atoms with Crippen molar-refractivity contribution in [2.24, 2.45) is 0 Å². The first-order valence-electron chi connectivity index (χ1n) is 9.72. The molecule has 1 aliphatic heterocycles. The third kappa shape index (κ3) is 5.37. The molecule has 1 saturated carbocycles. The van der Waals surface area contributed by atoms with E-state index in [1.807, 2.05) is 12.1 Å². The predicted octanol–water partition coefficient (Wildman–Crippen LogP) is 1.72. The maximum absolute atomic E-state index is 12.9. The molecule has 152 valence electrons. The van der Waals surface area contributed by atoms with Crippen molar-refractivity contribution >= 4 is 18.0 Å². The van der Waals surface area contributed by atoms with E-state index in [0.717, 1.165) is 36.9 Å². The second-order valence-electron chi connectivity index (χ2n) is 7.25. The average Bonchev–Trinajstić information content (AvgIpc) is 3.25. The van der Waals surface area contributed by atoms with Gasteiger partial charge < -0.3 is 9.47 Å². The normalized spacial score (nSPS) is 19.6. The zero-order valence-corrected chi connectivity index (χ0v) is 15.9. The number of hydrogen-bond donors (Lipinski definition) is 3. The fourth-order valence-electron chi connectivity index (χ4n) is 3.55. The van der Waals surface area contributed by atoms with Crippen molar-refractivity contribution in [1.29, 1.82) is 0 Å². The van der Waals surface area contributed by atoms with Gasteiger partial charge in [0.2, 0.25) is 0 Å². The molecule has 3 N–H and O–H groups in total. The summed E-state index contributed by atoms with van der Waals surface area (Å²) in [4.78, 5) is 28.3. The van der Waals surface area contributed by atoms with Crippen LogP contribution < -0.4 is 10.8 Å². The van der Waals surface area contributed by atoms with E-state index < -0.39 is 11.4 Å². The van der Waals surface area contributed by atoms with E-state index >= 15 is 0 Å². The van der Waals surface area contributed by atoms with Crippen LogP contribution in [0.2, 0.25) is 0 Å². The van der Waals surface area contributed by atoms with Crippen LogP contribution in [-0.2, 0) is 25.6 Å². The number of nitrogens with zero attached hydrogens (tertiary/aromatic N) is 1. The van der Waals surface area contributed by atoms with Crippen LogP contribution in [-0.4, -0.2) is 46.9 Å². The van der Waals surface area contributed by atoms with Gasteiger partial charge in [0.1, 0.15) is 11.6 Å². The Hall–Kier alpha value is -2.29. The Morgan fingerprint density at radius 3 is 2.68 bits per heavy atom. The third-order valence-corrected chi connectivity index (χ3v) is 5.31. The quantitative estimate of drug-likeness (QED) is 0.282. The summed E-state index contributed by atoms with van der Waals surface area (Å²) in [5.41, 5.74) is 2.31. The third-order valence-electron chi connectivity index (χ3n) is 5.31. The van der Waals surface area contributed by atoms with E-state index in [2.05, 4.69) is 10.3 Å². The molecule has 0 bridgehead atoms. The molecule has 1 aromatic heterocycles. The average molecular weight is 389 g/mol. The first-order chi connectivity index (χ1) is 13.6. The van der Waals surface area contributed by atoms with Crippen LogP contribution in [0.1, 0.15) is 49.8 Å². The number of aromatic nitrogens is 1. The van der Waals surface area contributed by atoms with Crippen molar-refractivity contribution in [3.05, 3.63) is 35.7 Å². The van der Waals surface area contributed by atoms with Crippen molar-refractivity contribution < 1.29 is 24.3 Å². The van der Waals surface area contributed by atoms with Gasteiger partial charge in [-0.25, -0.2) is 5.48 Å². The molecule has 28 heavy (non-hydrogen) atoms. The lowest BCUT2D eigenvalue weighted by Crippen LogP contribution is -2.56. The molecule has 8 nitrogen and oxygen atoms in total. The van der Waals surface area contributed by atoms with Gasteiger partial charge in [-0.15, -0.1) is 0 Å². The summed E-state index contributed by atoms with van der Waals surface area (Å²) in [5, 5.41) is 11.9. The zero-order chi connectivity index (χ0) is 19.8. The van der Waals surface area contributed by atoms with E-state index in [9.17, 15) is 9.59 Å². The predicted molar refractivity (Wildman–Crippen MR) is 101 cm³/mol. The number of esters is 1. The summed E-state index contributed by atoms with van der Waals surface area (Å²) in [6.07, 6.45) is 9.72. The van der Waals surface area contributed by atoms with Crippen molar-refractivity contribution in [3.8, 4) is 0 Å². The number of amides is 1. The molecule has 0 aromatic carbocycles. The van der Waals surface area contributed by atoms with E-state index in [0.29, 0.717) is 32.6 Å². The Bertz CT molecular complexity index is 692. The summed E-state index contributed by atoms with van der Waals surface area (Å²) >= 11 is 0. The Kier molecular flexibility index (Phi) is 7.13. The van der Waals surface area contributed by atoms with Gasteiger partial charge in [-0.1, -0.05) is 6.07 Å². The summed E-state index contributed by atoms with van der Waals surface area (Å²) in [6.45, 7) is 1.48. The number of rotatable bonds is 7.